The topological polar surface area (TPSA) is 141 Å². The molecule has 1 fully saturated rings. The molecule has 0 spiro atoms. The van der Waals surface area contributed by atoms with Gasteiger partial charge in [-0.2, -0.15) is 0 Å². The zero-order valence-corrected chi connectivity index (χ0v) is 16.4. The van der Waals surface area contributed by atoms with Gasteiger partial charge in [-0.3, -0.25) is 14.4 Å². The van der Waals surface area contributed by atoms with Crippen molar-refractivity contribution >= 4 is 52.1 Å². The third kappa shape index (κ3) is 4.49. The third-order valence-electron chi connectivity index (χ3n) is 4.30. The smallest absolute Gasteiger partial charge is 0.335 e. The molecular weight excluding hydrogens is 412 g/mol. The molecule has 1 aliphatic rings. The highest BCUT2D eigenvalue weighted by atomic mass is 32.2. The van der Waals surface area contributed by atoms with Crippen molar-refractivity contribution in [3.8, 4) is 0 Å². The zero-order chi connectivity index (χ0) is 22.0. The van der Waals surface area contributed by atoms with Gasteiger partial charge in [0.2, 0.25) is 11.8 Å². The molecule has 1 saturated heterocycles. The average molecular weight is 428 g/mol. The molecule has 0 bridgehead atoms. The molecule has 1 aliphatic heterocycles. The molecule has 30 heavy (non-hydrogen) atoms. The van der Waals surface area contributed by atoms with E-state index in [1.165, 1.54) is 0 Å². The molecule has 2 aromatic carbocycles. The number of benzene rings is 2. The van der Waals surface area contributed by atoms with Gasteiger partial charge in [0.15, 0.2) is 0 Å². The van der Waals surface area contributed by atoms with Crippen LogP contribution >= 0.6 is 11.8 Å². The quantitative estimate of drug-likeness (QED) is 0.638. The Hall–Kier alpha value is -3.66. The second-order valence-electron chi connectivity index (χ2n) is 6.54. The van der Waals surface area contributed by atoms with Crippen molar-refractivity contribution in [1.29, 1.82) is 0 Å². The number of imide groups is 1. The van der Waals surface area contributed by atoms with Gasteiger partial charge in [-0.1, -0.05) is 17.7 Å². The van der Waals surface area contributed by atoms with Crippen molar-refractivity contribution in [3.05, 3.63) is 59.2 Å². The molecule has 9 nitrogen and oxygen atoms in total. The Labute approximate surface area is 174 Å². The summed E-state index contributed by atoms with van der Waals surface area (Å²) in [5, 5.41) is 19.2. The second-order valence-corrected chi connectivity index (χ2v) is 7.70. The number of carboxylic acid groups (broad SMARTS) is 2. The van der Waals surface area contributed by atoms with Gasteiger partial charge in [0.05, 0.1) is 16.8 Å². The van der Waals surface area contributed by atoms with Gasteiger partial charge in [0.1, 0.15) is 5.25 Å². The molecule has 1 atom stereocenters. The number of amides is 3. The van der Waals surface area contributed by atoms with Crippen LogP contribution in [0, 0.1) is 6.92 Å². The zero-order valence-electron chi connectivity index (χ0n) is 15.6. The number of rotatable bonds is 6. The summed E-state index contributed by atoms with van der Waals surface area (Å²) in [6.07, 6.45) is -0.336. The van der Waals surface area contributed by atoms with E-state index in [0.717, 1.165) is 40.4 Å². The van der Waals surface area contributed by atoms with Gasteiger partial charge in [-0.25, -0.2) is 14.5 Å². The van der Waals surface area contributed by atoms with Crippen LogP contribution in [-0.4, -0.2) is 44.5 Å². The molecule has 0 aromatic heterocycles. The SMILES string of the molecule is Cc1ccc(N2C(=O)SC(CC(=O)Nc3cc(C(=O)O)cc(C(=O)O)c3)C2=O)cc1. The average Bonchev–Trinajstić information content (AvgIpc) is 2.95. The molecule has 1 heterocycles. The maximum atomic E-state index is 12.6. The molecule has 3 amide bonds. The molecule has 0 radical (unpaired) electrons. The first-order chi connectivity index (χ1) is 14.2. The largest absolute Gasteiger partial charge is 0.478 e. The Bertz CT molecular complexity index is 1030. The van der Waals surface area contributed by atoms with Gasteiger partial charge in [0, 0.05) is 12.1 Å². The molecular formula is C20H16N2O7S. The van der Waals surface area contributed by atoms with Crippen LogP contribution in [0.25, 0.3) is 0 Å². The molecule has 1 unspecified atom stereocenters. The number of aromatic carboxylic acids is 2. The fourth-order valence-corrected chi connectivity index (χ4v) is 3.83. The first-order valence-electron chi connectivity index (χ1n) is 8.68. The van der Waals surface area contributed by atoms with Crippen LogP contribution in [-0.2, 0) is 9.59 Å². The van der Waals surface area contributed by atoms with Gasteiger partial charge in [-0.05, 0) is 49.0 Å². The molecule has 0 aliphatic carbocycles. The van der Waals surface area contributed by atoms with Gasteiger partial charge < -0.3 is 15.5 Å². The minimum atomic E-state index is -1.35. The normalized spacial score (nSPS) is 15.9. The number of aryl methyl sites for hydroxylation is 1. The number of nitrogens with zero attached hydrogens (tertiary/aromatic N) is 1. The van der Waals surface area contributed by atoms with Crippen LogP contribution in [0.15, 0.2) is 42.5 Å². The predicted octanol–water partition coefficient (Wildman–Crippen LogP) is 2.99. The van der Waals surface area contributed by atoms with Gasteiger partial charge in [0.25, 0.3) is 5.24 Å². The predicted molar refractivity (Wildman–Crippen MR) is 109 cm³/mol. The Morgan fingerprint density at radius 3 is 2.10 bits per heavy atom. The van der Waals surface area contributed by atoms with E-state index in [1.54, 1.807) is 24.3 Å². The first kappa shape index (κ1) is 21.1. The molecule has 0 saturated carbocycles. The number of thioether (sulfide) groups is 1. The summed E-state index contributed by atoms with van der Waals surface area (Å²) in [5.74, 6) is -3.89. The lowest BCUT2D eigenvalue weighted by atomic mass is 10.1. The van der Waals surface area contributed by atoms with E-state index in [9.17, 15) is 24.0 Å². The Balaban J connectivity index is 1.73. The van der Waals surface area contributed by atoms with Crippen LogP contribution in [0.1, 0.15) is 32.7 Å². The van der Waals surface area contributed by atoms with Gasteiger partial charge >= 0.3 is 11.9 Å². The van der Waals surface area contributed by atoms with E-state index in [0.29, 0.717) is 5.69 Å². The third-order valence-corrected chi connectivity index (χ3v) is 5.33. The second kappa shape index (κ2) is 8.37. The molecule has 3 N–H and O–H groups in total. The first-order valence-corrected chi connectivity index (χ1v) is 9.56. The fourth-order valence-electron chi connectivity index (χ4n) is 2.84. The standard InChI is InChI=1S/C20H16N2O7S/c1-10-2-4-14(5-3-10)22-17(24)15(30-20(22)29)9-16(23)21-13-7-11(18(25)26)6-12(8-13)19(27)28/h2-8,15H,9H2,1H3,(H,21,23)(H,25,26)(H,27,28). The van der Waals surface area contributed by atoms with Crippen LogP contribution in [0.5, 0.6) is 0 Å². The summed E-state index contributed by atoms with van der Waals surface area (Å²) in [7, 11) is 0. The summed E-state index contributed by atoms with van der Waals surface area (Å²) in [6, 6.07) is 9.99. The minimum Gasteiger partial charge on any atom is -0.478 e. The highest BCUT2D eigenvalue weighted by Crippen LogP contribution is 2.33. The number of carbonyl (C=O) groups is 5. The minimum absolute atomic E-state index is 0.0329. The van der Waals surface area contributed by atoms with E-state index in [-0.39, 0.29) is 23.2 Å². The number of nitrogens with one attached hydrogen (secondary N) is 1. The lowest BCUT2D eigenvalue weighted by Crippen LogP contribution is -2.33. The summed E-state index contributed by atoms with van der Waals surface area (Å²) >= 11 is 0.724. The van der Waals surface area contributed by atoms with Crippen molar-refractivity contribution < 1.29 is 34.2 Å². The Morgan fingerprint density at radius 2 is 1.57 bits per heavy atom. The Kier molecular flexibility index (Phi) is 5.88. The summed E-state index contributed by atoms with van der Waals surface area (Å²) in [4.78, 5) is 60.6. The number of carbonyl (C=O) groups excluding carboxylic acids is 3. The lowest BCUT2D eigenvalue weighted by molar-refractivity contribution is -0.121. The molecule has 2 aromatic rings. The molecule has 154 valence electrons. The van der Waals surface area contributed by atoms with Crippen LogP contribution < -0.4 is 10.2 Å². The van der Waals surface area contributed by atoms with E-state index >= 15 is 0 Å². The summed E-state index contributed by atoms with van der Waals surface area (Å²) in [6.45, 7) is 1.87. The van der Waals surface area contributed by atoms with E-state index < -0.39 is 34.2 Å². The van der Waals surface area contributed by atoms with Crippen LogP contribution in [0.2, 0.25) is 0 Å². The molecule has 3 rings (SSSR count). The fraction of sp³-hybridized carbons (Fsp3) is 0.150. The number of carboxylic acids is 2. The summed E-state index contributed by atoms with van der Waals surface area (Å²) < 4.78 is 0. The monoisotopic (exact) mass is 428 g/mol. The highest BCUT2D eigenvalue weighted by molar-refractivity contribution is 8.15. The lowest BCUT2D eigenvalue weighted by Gasteiger charge is -2.14. The summed E-state index contributed by atoms with van der Waals surface area (Å²) in [5.41, 5.74) is 0.723. The highest BCUT2D eigenvalue weighted by Gasteiger charge is 2.41. The number of hydrogen-bond donors (Lipinski definition) is 3. The Morgan fingerprint density at radius 1 is 1.00 bits per heavy atom. The van der Waals surface area contributed by atoms with Crippen molar-refractivity contribution in [2.75, 3.05) is 10.2 Å². The number of anilines is 2. The van der Waals surface area contributed by atoms with Crippen molar-refractivity contribution in [2.45, 2.75) is 18.6 Å². The number of hydrogen-bond acceptors (Lipinski definition) is 6. The van der Waals surface area contributed by atoms with Crippen LogP contribution in [0.4, 0.5) is 16.2 Å². The maximum absolute atomic E-state index is 12.6. The van der Waals surface area contributed by atoms with E-state index in [4.69, 9.17) is 10.2 Å². The van der Waals surface area contributed by atoms with E-state index in [1.807, 2.05) is 6.92 Å². The van der Waals surface area contributed by atoms with Gasteiger partial charge in [-0.15, -0.1) is 0 Å². The molecule has 10 heteroatoms. The van der Waals surface area contributed by atoms with Crippen molar-refractivity contribution in [3.63, 3.8) is 0 Å². The maximum Gasteiger partial charge on any atom is 0.335 e. The van der Waals surface area contributed by atoms with Crippen molar-refractivity contribution in [2.24, 2.45) is 0 Å². The van der Waals surface area contributed by atoms with Crippen molar-refractivity contribution in [1.82, 2.24) is 0 Å². The van der Waals surface area contributed by atoms with E-state index in [2.05, 4.69) is 5.32 Å². The van der Waals surface area contributed by atoms with Crippen LogP contribution in [0.3, 0.4) is 0 Å².